The molecule has 2 unspecified atom stereocenters. The van der Waals surface area contributed by atoms with E-state index in [4.69, 9.17) is 0 Å². The standard InChI is InChI=1S/C10H23NO/c1-5-7-9(3)11-8-10(4,12)6-2/h9,11-12H,5-8H2,1-4H3. The predicted molar refractivity (Wildman–Crippen MR) is 53.3 cm³/mol. The first kappa shape index (κ1) is 11.9. The van der Waals surface area contributed by atoms with E-state index in [9.17, 15) is 5.11 Å². The number of hydrogen-bond acceptors (Lipinski definition) is 2. The van der Waals surface area contributed by atoms with Crippen LogP contribution in [0.5, 0.6) is 0 Å². The van der Waals surface area contributed by atoms with Gasteiger partial charge in [0.15, 0.2) is 0 Å². The van der Waals surface area contributed by atoms with Crippen molar-refractivity contribution in [2.75, 3.05) is 6.54 Å². The Bertz CT molecular complexity index is 112. The quantitative estimate of drug-likeness (QED) is 0.643. The molecule has 0 spiro atoms. The molecule has 0 heterocycles. The molecule has 0 aliphatic carbocycles. The van der Waals surface area contributed by atoms with Crippen molar-refractivity contribution in [1.82, 2.24) is 5.32 Å². The molecule has 0 radical (unpaired) electrons. The Morgan fingerprint density at radius 3 is 2.42 bits per heavy atom. The monoisotopic (exact) mass is 173 g/mol. The highest BCUT2D eigenvalue weighted by atomic mass is 16.3. The predicted octanol–water partition coefficient (Wildman–Crippen LogP) is 1.93. The average molecular weight is 173 g/mol. The van der Waals surface area contributed by atoms with Crippen LogP contribution in [0, 0.1) is 0 Å². The fourth-order valence-electron chi connectivity index (χ4n) is 1.05. The van der Waals surface area contributed by atoms with Gasteiger partial charge in [0, 0.05) is 12.6 Å². The second-order valence-electron chi connectivity index (χ2n) is 3.92. The van der Waals surface area contributed by atoms with E-state index in [1.807, 2.05) is 13.8 Å². The van der Waals surface area contributed by atoms with Gasteiger partial charge in [-0.1, -0.05) is 20.3 Å². The summed E-state index contributed by atoms with van der Waals surface area (Å²) in [5.74, 6) is 0. The van der Waals surface area contributed by atoms with Crippen LogP contribution in [0.3, 0.4) is 0 Å². The summed E-state index contributed by atoms with van der Waals surface area (Å²) >= 11 is 0. The van der Waals surface area contributed by atoms with Crippen molar-refractivity contribution in [3.05, 3.63) is 0 Å². The summed E-state index contributed by atoms with van der Waals surface area (Å²) < 4.78 is 0. The van der Waals surface area contributed by atoms with Crippen molar-refractivity contribution in [2.24, 2.45) is 0 Å². The summed E-state index contributed by atoms with van der Waals surface area (Å²) in [5, 5.41) is 13.0. The van der Waals surface area contributed by atoms with E-state index < -0.39 is 5.60 Å². The van der Waals surface area contributed by atoms with Gasteiger partial charge < -0.3 is 10.4 Å². The number of hydrogen-bond donors (Lipinski definition) is 2. The highest BCUT2D eigenvalue weighted by Crippen LogP contribution is 2.07. The second-order valence-corrected chi connectivity index (χ2v) is 3.92. The van der Waals surface area contributed by atoms with Crippen molar-refractivity contribution < 1.29 is 5.11 Å². The van der Waals surface area contributed by atoms with Crippen molar-refractivity contribution in [2.45, 2.75) is 58.6 Å². The summed E-state index contributed by atoms with van der Waals surface area (Å²) in [6, 6.07) is 0.521. The van der Waals surface area contributed by atoms with Gasteiger partial charge in [0.1, 0.15) is 0 Å². The molecule has 2 atom stereocenters. The number of aliphatic hydroxyl groups is 1. The first-order valence-corrected chi connectivity index (χ1v) is 4.97. The summed E-state index contributed by atoms with van der Waals surface area (Å²) in [7, 11) is 0. The first-order valence-electron chi connectivity index (χ1n) is 4.97. The van der Waals surface area contributed by atoms with E-state index >= 15 is 0 Å². The zero-order valence-electron chi connectivity index (χ0n) is 8.85. The van der Waals surface area contributed by atoms with Gasteiger partial charge in [-0.2, -0.15) is 0 Å². The average Bonchev–Trinajstić information content (AvgIpc) is 2.02. The lowest BCUT2D eigenvalue weighted by atomic mass is 10.0. The molecule has 0 saturated heterocycles. The lowest BCUT2D eigenvalue weighted by molar-refractivity contribution is 0.0531. The van der Waals surface area contributed by atoms with Crippen molar-refractivity contribution >= 4 is 0 Å². The molecule has 0 aliphatic rings. The molecule has 0 aliphatic heterocycles. The molecule has 0 bridgehead atoms. The van der Waals surface area contributed by atoms with E-state index in [1.165, 1.54) is 12.8 Å². The Morgan fingerprint density at radius 1 is 1.42 bits per heavy atom. The molecule has 0 aromatic carbocycles. The third-order valence-electron chi connectivity index (χ3n) is 2.31. The highest BCUT2D eigenvalue weighted by molar-refractivity contribution is 4.75. The minimum absolute atomic E-state index is 0.521. The summed E-state index contributed by atoms with van der Waals surface area (Å²) in [6.45, 7) is 8.92. The fourth-order valence-corrected chi connectivity index (χ4v) is 1.05. The van der Waals surface area contributed by atoms with E-state index in [0.717, 1.165) is 6.42 Å². The van der Waals surface area contributed by atoms with Gasteiger partial charge in [-0.05, 0) is 26.7 Å². The molecule has 0 aromatic heterocycles. The fraction of sp³-hybridized carbons (Fsp3) is 1.00. The molecule has 0 saturated carbocycles. The van der Waals surface area contributed by atoms with Crippen LogP contribution in [0.25, 0.3) is 0 Å². The van der Waals surface area contributed by atoms with E-state index in [0.29, 0.717) is 12.6 Å². The van der Waals surface area contributed by atoms with Gasteiger partial charge >= 0.3 is 0 Å². The van der Waals surface area contributed by atoms with Gasteiger partial charge in [-0.25, -0.2) is 0 Å². The smallest absolute Gasteiger partial charge is 0.0741 e. The van der Waals surface area contributed by atoms with Gasteiger partial charge in [0.25, 0.3) is 0 Å². The molecule has 74 valence electrons. The Labute approximate surface area is 76.4 Å². The molecule has 2 heteroatoms. The van der Waals surface area contributed by atoms with Gasteiger partial charge in [-0.3, -0.25) is 0 Å². The maximum absolute atomic E-state index is 9.68. The summed E-state index contributed by atoms with van der Waals surface area (Å²) in [4.78, 5) is 0. The Morgan fingerprint density at radius 2 is 2.00 bits per heavy atom. The summed E-state index contributed by atoms with van der Waals surface area (Å²) in [6.07, 6.45) is 3.18. The van der Waals surface area contributed by atoms with E-state index in [1.54, 1.807) is 0 Å². The molecule has 0 rings (SSSR count). The first-order chi connectivity index (χ1) is 5.52. The third-order valence-corrected chi connectivity index (χ3v) is 2.31. The highest BCUT2D eigenvalue weighted by Gasteiger charge is 2.17. The van der Waals surface area contributed by atoms with Crippen LogP contribution >= 0.6 is 0 Å². The lowest BCUT2D eigenvalue weighted by Crippen LogP contribution is -2.41. The zero-order chi connectivity index (χ0) is 9.61. The SMILES string of the molecule is CCCC(C)NCC(C)(O)CC. The second kappa shape index (κ2) is 5.55. The van der Waals surface area contributed by atoms with E-state index in [-0.39, 0.29) is 0 Å². The molecule has 0 amide bonds. The Hall–Kier alpha value is -0.0800. The molecule has 0 aromatic rings. The zero-order valence-corrected chi connectivity index (χ0v) is 8.85. The molecule has 12 heavy (non-hydrogen) atoms. The minimum atomic E-state index is -0.540. The maximum Gasteiger partial charge on any atom is 0.0741 e. The Balaban J connectivity index is 3.52. The van der Waals surface area contributed by atoms with Gasteiger partial charge in [-0.15, -0.1) is 0 Å². The van der Waals surface area contributed by atoms with Crippen molar-refractivity contribution in [1.29, 1.82) is 0 Å². The summed E-state index contributed by atoms with van der Waals surface area (Å²) in [5.41, 5.74) is -0.540. The largest absolute Gasteiger partial charge is 0.389 e. The molecule has 2 N–H and O–H groups in total. The molecular formula is C10H23NO. The minimum Gasteiger partial charge on any atom is -0.389 e. The van der Waals surface area contributed by atoms with Crippen molar-refractivity contribution in [3.8, 4) is 0 Å². The normalized spacial score (nSPS) is 18.8. The topological polar surface area (TPSA) is 32.3 Å². The van der Waals surface area contributed by atoms with Gasteiger partial charge in [0.05, 0.1) is 5.60 Å². The van der Waals surface area contributed by atoms with Crippen LogP contribution in [-0.4, -0.2) is 23.3 Å². The molecular weight excluding hydrogens is 150 g/mol. The van der Waals surface area contributed by atoms with Crippen LogP contribution in [0.2, 0.25) is 0 Å². The van der Waals surface area contributed by atoms with Crippen LogP contribution in [0.4, 0.5) is 0 Å². The van der Waals surface area contributed by atoms with Crippen LogP contribution in [-0.2, 0) is 0 Å². The van der Waals surface area contributed by atoms with Crippen molar-refractivity contribution in [3.63, 3.8) is 0 Å². The van der Waals surface area contributed by atoms with Crippen LogP contribution in [0.15, 0.2) is 0 Å². The molecule has 0 fully saturated rings. The van der Waals surface area contributed by atoms with E-state index in [2.05, 4.69) is 19.2 Å². The Kier molecular flexibility index (Phi) is 5.51. The molecule has 2 nitrogen and oxygen atoms in total. The number of nitrogens with one attached hydrogen (secondary N) is 1. The van der Waals surface area contributed by atoms with Crippen LogP contribution in [0.1, 0.15) is 47.0 Å². The lowest BCUT2D eigenvalue weighted by Gasteiger charge is -2.24. The third kappa shape index (κ3) is 5.56. The van der Waals surface area contributed by atoms with Gasteiger partial charge in [0.2, 0.25) is 0 Å². The number of rotatable bonds is 6. The van der Waals surface area contributed by atoms with Crippen LogP contribution < -0.4 is 5.32 Å². The maximum atomic E-state index is 9.68.